The van der Waals surface area contributed by atoms with Gasteiger partial charge in [0.25, 0.3) is 0 Å². The molecule has 1 aromatic rings. The summed E-state index contributed by atoms with van der Waals surface area (Å²) in [6, 6.07) is 9.01. The fourth-order valence-electron chi connectivity index (χ4n) is 5.29. The number of hydrogen-bond acceptors (Lipinski definition) is 3. The lowest BCUT2D eigenvalue weighted by Gasteiger charge is -2.63. The minimum absolute atomic E-state index is 0.254. The maximum atomic E-state index is 11.8. The number of carbonyl (C=O) groups excluding carboxylic acids is 1. The topological polar surface area (TPSA) is 41.6 Å². The molecule has 0 aromatic heterocycles. The van der Waals surface area contributed by atoms with Crippen LogP contribution in [0.3, 0.4) is 0 Å². The van der Waals surface area contributed by atoms with Gasteiger partial charge >= 0.3 is 0 Å². The molecule has 1 aromatic carbocycles. The number of fused-ring (bicyclic) bond motifs is 2. The highest BCUT2D eigenvalue weighted by atomic mass is 16.5. The summed E-state index contributed by atoms with van der Waals surface area (Å²) in [4.78, 5) is 13.7. The van der Waals surface area contributed by atoms with Crippen molar-refractivity contribution in [2.24, 2.45) is 11.3 Å². The summed E-state index contributed by atoms with van der Waals surface area (Å²) < 4.78 is 5.99. The average molecular weight is 312 g/mol. The fourth-order valence-corrected chi connectivity index (χ4v) is 5.29. The number of ether oxygens (including phenoxy) is 1. The van der Waals surface area contributed by atoms with Gasteiger partial charge in [0.15, 0.2) is 0 Å². The summed E-state index contributed by atoms with van der Waals surface area (Å²) in [6.45, 7) is 1.80. The molecular weight excluding hydrogens is 288 g/mol. The Bertz CT molecular complexity index is 623. The van der Waals surface area contributed by atoms with Crippen LogP contribution in [0.1, 0.15) is 38.5 Å². The van der Waals surface area contributed by atoms with Gasteiger partial charge in [0.05, 0.1) is 6.10 Å². The van der Waals surface area contributed by atoms with Gasteiger partial charge in [0.2, 0.25) is 5.91 Å². The second-order valence-corrected chi connectivity index (χ2v) is 7.65. The molecule has 122 valence electrons. The van der Waals surface area contributed by atoms with E-state index in [9.17, 15) is 4.79 Å². The van der Waals surface area contributed by atoms with Crippen molar-refractivity contribution in [3.8, 4) is 0 Å². The second kappa shape index (κ2) is 4.97. The quantitative estimate of drug-likeness (QED) is 0.932. The monoisotopic (exact) mass is 312 g/mol. The maximum Gasteiger partial charge on any atom is 0.227 e. The van der Waals surface area contributed by atoms with Gasteiger partial charge in [-0.15, -0.1) is 0 Å². The number of carbonyl (C=O) groups is 1. The van der Waals surface area contributed by atoms with Crippen LogP contribution in [0.15, 0.2) is 24.3 Å². The van der Waals surface area contributed by atoms with Gasteiger partial charge in [0, 0.05) is 48.3 Å². The number of hydrogen-bond donors (Lipinski definition) is 1. The predicted molar refractivity (Wildman–Crippen MR) is 89.6 cm³/mol. The fraction of sp³-hybridized carbons (Fsp3) is 0.632. The van der Waals surface area contributed by atoms with E-state index in [2.05, 4.69) is 29.6 Å². The van der Waals surface area contributed by atoms with Crippen molar-refractivity contribution in [3.63, 3.8) is 0 Å². The molecular formula is C19H24N2O2. The number of rotatable bonds is 3. The summed E-state index contributed by atoms with van der Waals surface area (Å²) in [5.41, 5.74) is 2.62. The molecule has 1 N–H and O–H groups in total. The molecule has 4 nitrogen and oxygen atoms in total. The van der Waals surface area contributed by atoms with E-state index in [1.54, 1.807) is 0 Å². The van der Waals surface area contributed by atoms with Crippen LogP contribution in [0.5, 0.6) is 0 Å². The number of amides is 1. The molecule has 0 radical (unpaired) electrons. The summed E-state index contributed by atoms with van der Waals surface area (Å²) >= 11 is 0. The molecule has 2 saturated heterocycles. The van der Waals surface area contributed by atoms with Gasteiger partial charge in [-0.3, -0.25) is 4.79 Å². The molecule has 2 aliphatic carbocycles. The van der Waals surface area contributed by atoms with Crippen molar-refractivity contribution >= 4 is 17.3 Å². The summed E-state index contributed by atoms with van der Waals surface area (Å²) in [7, 11) is 0. The zero-order valence-corrected chi connectivity index (χ0v) is 13.5. The van der Waals surface area contributed by atoms with Gasteiger partial charge in [-0.25, -0.2) is 0 Å². The lowest BCUT2D eigenvalue weighted by molar-refractivity contribution is -0.158. The summed E-state index contributed by atoms with van der Waals surface area (Å²) in [5.74, 6) is 0.944. The predicted octanol–water partition coefficient (Wildman–Crippen LogP) is 3.18. The van der Waals surface area contributed by atoms with Crippen LogP contribution >= 0.6 is 0 Å². The molecule has 0 unspecified atom stereocenters. The Kier molecular flexibility index (Phi) is 2.99. The highest BCUT2D eigenvalue weighted by molar-refractivity contribution is 5.95. The zero-order chi connectivity index (χ0) is 15.4. The third-order valence-electron chi connectivity index (χ3n) is 6.61. The molecule has 2 heterocycles. The smallest absolute Gasteiger partial charge is 0.227 e. The number of anilines is 2. The minimum atomic E-state index is 0.254. The SMILES string of the molecule is O=C1CCCN1c1ccc(N[C@@H]2[C@@H]3CCO[C@@H]3C23CCC3)cc1. The van der Waals surface area contributed by atoms with Crippen molar-refractivity contribution in [1.29, 1.82) is 0 Å². The molecule has 0 bridgehead atoms. The van der Waals surface area contributed by atoms with Gasteiger partial charge in [-0.05, 0) is 49.9 Å². The Hall–Kier alpha value is -1.55. The van der Waals surface area contributed by atoms with E-state index >= 15 is 0 Å². The first-order chi connectivity index (χ1) is 11.3. The summed E-state index contributed by atoms with van der Waals surface area (Å²) in [5, 5.41) is 3.79. The number of nitrogens with one attached hydrogen (secondary N) is 1. The first-order valence-corrected chi connectivity index (χ1v) is 9.06. The molecule has 2 aliphatic heterocycles. The second-order valence-electron chi connectivity index (χ2n) is 7.65. The Morgan fingerprint density at radius 3 is 2.65 bits per heavy atom. The minimum Gasteiger partial charge on any atom is -0.381 e. The van der Waals surface area contributed by atoms with E-state index in [0.717, 1.165) is 25.3 Å². The summed E-state index contributed by atoms with van der Waals surface area (Å²) in [6.07, 6.45) is 7.35. The largest absolute Gasteiger partial charge is 0.381 e. The van der Waals surface area contributed by atoms with Crippen LogP contribution < -0.4 is 10.2 Å². The number of nitrogens with zero attached hydrogens (tertiary/aromatic N) is 1. The molecule has 23 heavy (non-hydrogen) atoms. The van der Waals surface area contributed by atoms with E-state index < -0.39 is 0 Å². The molecule has 3 atom stereocenters. The normalized spacial score (nSPS) is 34.2. The Morgan fingerprint density at radius 1 is 1.17 bits per heavy atom. The highest BCUT2D eigenvalue weighted by Crippen LogP contribution is 2.63. The lowest BCUT2D eigenvalue weighted by atomic mass is 9.46. The standard InChI is InChI=1S/C19H24N2O2/c22-16-3-1-11-21(16)14-6-4-13(5-7-14)20-17-15-8-12-23-18(15)19(17)9-2-10-19/h4-7,15,17-18,20H,1-3,8-12H2/t15-,17+,18-/m0/s1. The first kappa shape index (κ1) is 13.8. The van der Waals surface area contributed by atoms with Crippen molar-refractivity contribution in [2.45, 2.75) is 50.7 Å². The lowest BCUT2D eigenvalue weighted by Crippen LogP contribution is -2.68. The molecule has 2 saturated carbocycles. The van der Waals surface area contributed by atoms with Gasteiger partial charge in [0.1, 0.15) is 0 Å². The Morgan fingerprint density at radius 2 is 2.00 bits per heavy atom. The van der Waals surface area contributed by atoms with E-state index in [4.69, 9.17) is 4.74 Å². The third-order valence-corrected chi connectivity index (χ3v) is 6.61. The van der Waals surface area contributed by atoms with Crippen LogP contribution in [0.4, 0.5) is 11.4 Å². The van der Waals surface area contributed by atoms with Crippen LogP contribution in [-0.2, 0) is 9.53 Å². The van der Waals surface area contributed by atoms with E-state index in [1.807, 2.05) is 4.90 Å². The Labute approximate surface area is 137 Å². The molecule has 1 amide bonds. The van der Waals surface area contributed by atoms with E-state index in [1.165, 1.54) is 31.4 Å². The van der Waals surface area contributed by atoms with Crippen molar-refractivity contribution in [2.75, 3.05) is 23.4 Å². The molecule has 5 rings (SSSR count). The van der Waals surface area contributed by atoms with Gasteiger partial charge in [-0.1, -0.05) is 6.42 Å². The van der Waals surface area contributed by atoms with E-state index in [-0.39, 0.29) is 5.91 Å². The van der Waals surface area contributed by atoms with Crippen molar-refractivity contribution in [3.05, 3.63) is 24.3 Å². The zero-order valence-electron chi connectivity index (χ0n) is 13.5. The highest BCUT2D eigenvalue weighted by Gasteiger charge is 2.66. The third kappa shape index (κ3) is 1.90. The van der Waals surface area contributed by atoms with Crippen LogP contribution in [0.25, 0.3) is 0 Å². The van der Waals surface area contributed by atoms with Gasteiger partial charge in [-0.2, -0.15) is 0 Å². The molecule has 4 heteroatoms. The van der Waals surface area contributed by atoms with Crippen LogP contribution in [-0.4, -0.2) is 31.2 Å². The maximum absolute atomic E-state index is 11.8. The van der Waals surface area contributed by atoms with Crippen LogP contribution in [0, 0.1) is 11.3 Å². The number of benzene rings is 1. The first-order valence-electron chi connectivity index (χ1n) is 9.06. The Balaban J connectivity index is 1.32. The van der Waals surface area contributed by atoms with Gasteiger partial charge < -0.3 is 15.0 Å². The molecule has 4 fully saturated rings. The van der Waals surface area contributed by atoms with Crippen molar-refractivity contribution in [1.82, 2.24) is 0 Å². The van der Waals surface area contributed by atoms with E-state index in [0.29, 0.717) is 29.9 Å². The van der Waals surface area contributed by atoms with Crippen LogP contribution in [0.2, 0.25) is 0 Å². The average Bonchev–Trinajstić information content (AvgIpc) is 3.12. The molecule has 1 spiro atoms. The molecule has 4 aliphatic rings. The van der Waals surface area contributed by atoms with Crippen molar-refractivity contribution < 1.29 is 9.53 Å².